The van der Waals surface area contributed by atoms with E-state index >= 15 is 0 Å². The molecule has 0 saturated heterocycles. The van der Waals surface area contributed by atoms with Crippen LogP contribution in [0.3, 0.4) is 0 Å². The second-order valence-electron chi connectivity index (χ2n) is 7.58. The van der Waals surface area contributed by atoms with Crippen LogP contribution in [-0.4, -0.2) is 36.2 Å². The number of benzene rings is 2. The second-order valence-corrected chi connectivity index (χ2v) is 8.53. The molecule has 3 heterocycles. The molecule has 5 rings (SSSR count). The Morgan fingerprint density at radius 3 is 2.32 bits per heavy atom. The maximum Gasteiger partial charge on any atom is 0.234 e. The summed E-state index contributed by atoms with van der Waals surface area (Å²) < 4.78 is 9.27. The van der Waals surface area contributed by atoms with Crippen LogP contribution in [0, 0.1) is 13.8 Å². The van der Waals surface area contributed by atoms with Crippen LogP contribution in [0.1, 0.15) is 11.4 Å². The Hall–Kier alpha value is -4.11. The first-order valence-electron chi connectivity index (χ1n) is 10.7. The predicted molar refractivity (Wildman–Crippen MR) is 131 cm³/mol. The molecule has 0 aliphatic carbocycles. The van der Waals surface area contributed by atoms with Gasteiger partial charge in [0.05, 0.1) is 34.8 Å². The highest BCUT2D eigenvalue weighted by molar-refractivity contribution is 7.99. The van der Waals surface area contributed by atoms with Gasteiger partial charge in [0.1, 0.15) is 0 Å². The van der Waals surface area contributed by atoms with Crippen molar-refractivity contribution in [3.63, 3.8) is 0 Å². The zero-order valence-corrected chi connectivity index (χ0v) is 19.5. The minimum Gasteiger partial charge on any atom is -0.461 e. The molecule has 2 aromatic carbocycles. The van der Waals surface area contributed by atoms with Crippen molar-refractivity contribution in [2.24, 2.45) is 0 Å². The summed E-state index contributed by atoms with van der Waals surface area (Å²) in [6, 6.07) is 23.2. The van der Waals surface area contributed by atoms with Gasteiger partial charge in [0, 0.05) is 5.69 Å². The van der Waals surface area contributed by atoms with Gasteiger partial charge >= 0.3 is 0 Å². The van der Waals surface area contributed by atoms with Crippen LogP contribution in [0.25, 0.3) is 23.0 Å². The summed E-state index contributed by atoms with van der Waals surface area (Å²) in [5.74, 6) is 1.20. The number of furan rings is 1. The molecule has 0 bridgehead atoms. The van der Waals surface area contributed by atoms with Crippen molar-refractivity contribution < 1.29 is 9.21 Å². The van der Waals surface area contributed by atoms with Crippen LogP contribution in [-0.2, 0) is 4.79 Å². The fourth-order valence-corrected chi connectivity index (χ4v) is 4.44. The summed E-state index contributed by atoms with van der Waals surface area (Å²) in [6.45, 7) is 3.83. The summed E-state index contributed by atoms with van der Waals surface area (Å²) in [5, 5.41) is 16.8. The molecule has 0 aliphatic heterocycles. The molecule has 9 heteroatoms. The van der Waals surface area contributed by atoms with Crippen LogP contribution in [0.5, 0.6) is 0 Å². The largest absolute Gasteiger partial charge is 0.461 e. The van der Waals surface area contributed by atoms with Gasteiger partial charge in [-0.25, -0.2) is 4.68 Å². The Labute approximate surface area is 200 Å². The number of hydrogen-bond acceptors (Lipinski definition) is 6. The maximum absolute atomic E-state index is 12.9. The van der Waals surface area contributed by atoms with E-state index in [4.69, 9.17) is 4.42 Å². The van der Waals surface area contributed by atoms with Gasteiger partial charge < -0.3 is 9.73 Å². The van der Waals surface area contributed by atoms with Crippen LogP contribution in [0.4, 0.5) is 5.69 Å². The monoisotopic (exact) mass is 470 g/mol. The van der Waals surface area contributed by atoms with Gasteiger partial charge in [-0.1, -0.05) is 48.2 Å². The van der Waals surface area contributed by atoms with Gasteiger partial charge in [0.2, 0.25) is 11.7 Å². The Morgan fingerprint density at radius 2 is 1.65 bits per heavy atom. The number of carbonyl (C=O) groups excluding carboxylic acids is 1. The number of nitrogens with one attached hydrogen (secondary N) is 1. The SMILES string of the molecule is Cc1nn(-c2ccccc2)c(C)c1NC(=O)CSc1nnc(-c2ccco2)n1-c1ccccc1. The first-order valence-corrected chi connectivity index (χ1v) is 11.7. The molecule has 0 fully saturated rings. The highest BCUT2D eigenvalue weighted by atomic mass is 32.2. The van der Waals surface area contributed by atoms with Crippen molar-refractivity contribution in [2.45, 2.75) is 19.0 Å². The van der Waals surface area contributed by atoms with Gasteiger partial charge in [-0.2, -0.15) is 5.10 Å². The minimum atomic E-state index is -0.147. The van der Waals surface area contributed by atoms with Gasteiger partial charge in [0.15, 0.2) is 10.9 Å². The summed E-state index contributed by atoms with van der Waals surface area (Å²) in [6.07, 6.45) is 1.60. The minimum absolute atomic E-state index is 0.147. The zero-order chi connectivity index (χ0) is 23.5. The molecule has 3 aromatic heterocycles. The fraction of sp³-hybridized carbons (Fsp3) is 0.120. The molecule has 0 atom stereocenters. The number of amides is 1. The van der Waals surface area contributed by atoms with E-state index in [1.54, 1.807) is 12.3 Å². The predicted octanol–water partition coefficient (Wildman–Crippen LogP) is 5.06. The molecular formula is C25H22N6O2S. The van der Waals surface area contributed by atoms with Crippen molar-refractivity contribution in [1.29, 1.82) is 0 Å². The van der Waals surface area contributed by atoms with Gasteiger partial charge in [0.25, 0.3) is 0 Å². The van der Waals surface area contributed by atoms with Crippen LogP contribution in [0.15, 0.2) is 88.6 Å². The van der Waals surface area contributed by atoms with E-state index in [1.165, 1.54) is 11.8 Å². The van der Waals surface area contributed by atoms with Gasteiger partial charge in [-0.05, 0) is 50.2 Å². The number of nitrogens with zero attached hydrogens (tertiary/aromatic N) is 5. The number of thioether (sulfide) groups is 1. The Balaban J connectivity index is 1.36. The molecule has 0 radical (unpaired) electrons. The van der Waals surface area contributed by atoms with Crippen LogP contribution >= 0.6 is 11.8 Å². The number of anilines is 1. The molecule has 0 saturated carbocycles. The highest BCUT2D eigenvalue weighted by Gasteiger charge is 2.20. The third-order valence-corrected chi connectivity index (χ3v) is 6.21. The summed E-state index contributed by atoms with van der Waals surface area (Å²) in [7, 11) is 0. The van der Waals surface area contributed by atoms with E-state index in [1.807, 2.05) is 89.8 Å². The molecule has 0 aliphatic rings. The third-order valence-electron chi connectivity index (χ3n) is 5.28. The van der Waals surface area contributed by atoms with E-state index < -0.39 is 0 Å². The van der Waals surface area contributed by atoms with E-state index in [0.29, 0.717) is 16.7 Å². The van der Waals surface area contributed by atoms with E-state index in [-0.39, 0.29) is 11.7 Å². The number of hydrogen-bond donors (Lipinski definition) is 1. The van der Waals surface area contributed by atoms with Crippen molar-refractivity contribution in [3.05, 3.63) is 90.4 Å². The van der Waals surface area contributed by atoms with E-state index in [0.717, 1.165) is 28.5 Å². The van der Waals surface area contributed by atoms with Crippen LogP contribution < -0.4 is 5.32 Å². The molecule has 0 spiro atoms. The van der Waals surface area contributed by atoms with Gasteiger partial charge in [-0.3, -0.25) is 9.36 Å². The zero-order valence-electron chi connectivity index (χ0n) is 18.7. The summed E-state index contributed by atoms with van der Waals surface area (Å²) in [4.78, 5) is 12.9. The lowest BCUT2D eigenvalue weighted by Gasteiger charge is -2.09. The lowest BCUT2D eigenvalue weighted by molar-refractivity contribution is -0.113. The standard InChI is InChI=1S/C25H22N6O2S/c1-17-23(18(2)31(29-17)20-12-7-4-8-13-20)26-22(32)16-34-25-28-27-24(21-14-9-15-33-21)30(25)19-10-5-3-6-11-19/h3-15H,16H2,1-2H3,(H,26,32). The number of rotatable bonds is 7. The Bertz CT molecular complexity index is 1410. The third kappa shape index (κ3) is 4.25. The van der Waals surface area contributed by atoms with Crippen LogP contribution in [0.2, 0.25) is 0 Å². The van der Waals surface area contributed by atoms with E-state index in [9.17, 15) is 4.79 Å². The van der Waals surface area contributed by atoms with Crippen molar-refractivity contribution in [3.8, 4) is 23.0 Å². The molecule has 170 valence electrons. The lowest BCUT2D eigenvalue weighted by Crippen LogP contribution is -2.15. The molecule has 0 unspecified atom stereocenters. The molecular weight excluding hydrogens is 448 g/mol. The highest BCUT2D eigenvalue weighted by Crippen LogP contribution is 2.29. The number of aryl methyl sites for hydroxylation is 1. The molecule has 34 heavy (non-hydrogen) atoms. The van der Waals surface area contributed by atoms with Crippen molar-refractivity contribution in [1.82, 2.24) is 24.5 Å². The van der Waals surface area contributed by atoms with Crippen molar-refractivity contribution in [2.75, 3.05) is 11.1 Å². The quantitative estimate of drug-likeness (QED) is 0.334. The Kier molecular flexibility index (Phi) is 6.01. The number of aromatic nitrogens is 5. The second kappa shape index (κ2) is 9.40. The average molecular weight is 471 g/mol. The Morgan fingerprint density at radius 1 is 0.941 bits per heavy atom. The summed E-state index contributed by atoms with van der Waals surface area (Å²) in [5.41, 5.74) is 4.18. The lowest BCUT2D eigenvalue weighted by atomic mass is 10.3. The number of para-hydroxylation sites is 2. The maximum atomic E-state index is 12.9. The number of carbonyl (C=O) groups is 1. The first-order chi connectivity index (χ1) is 16.6. The molecule has 8 nitrogen and oxygen atoms in total. The van der Waals surface area contributed by atoms with E-state index in [2.05, 4.69) is 20.6 Å². The van der Waals surface area contributed by atoms with Gasteiger partial charge in [-0.15, -0.1) is 10.2 Å². The molecule has 5 aromatic rings. The molecule has 1 amide bonds. The fourth-order valence-electron chi connectivity index (χ4n) is 3.69. The summed E-state index contributed by atoms with van der Waals surface area (Å²) >= 11 is 1.31. The average Bonchev–Trinajstić information content (AvgIpc) is 3.60. The van der Waals surface area contributed by atoms with Crippen molar-refractivity contribution >= 4 is 23.4 Å². The topological polar surface area (TPSA) is 90.8 Å². The normalized spacial score (nSPS) is 11.0. The first kappa shape index (κ1) is 21.7. The smallest absolute Gasteiger partial charge is 0.234 e. The molecule has 1 N–H and O–H groups in total.